The van der Waals surface area contributed by atoms with Crippen molar-refractivity contribution in [2.45, 2.75) is 12.8 Å². The molecule has 1 fully saturated rings. The number of nitrogens with two attached hydrogens (primary N) is 1. The smallest absolute Gasteiger partial charge is 0.257 e. The molecule has 0 spiro atoms. The van der Waals surface area contributed by atoms with Crippen LogP contribution in [-0.4, -0.2) is 25.7 Å². The van der Waals surface area contributed by atoms with Crippen LogP contribution in [0.2, 0.25) is 0 Å². The van der Waals surface area contributed by atoms with E-state index >= 15 is 0 Å². The standard InChI is InChI=1S/C13H16F2N2O2/c14-9-3-4-10(16)12(15)11(9)13(18)17-5-6-19-7-8-1-2-8/h3-4,8H,1-2,5-7,16H2,(H,17,18). The van der Waals surface area contributed by atoms with E-state index in [-0.39, 0.29) is 12.2 Å². The van der Waals surface area contributed by atoms with Gasteiger partial charge >= 0.3 is 0 Å². The number of halogens is 2. The van der Waals surface area contributed by atoms with Crippen molar-refractivity contribution in [2.75, 3.05) is 25.5 Å². The Labute approximate surface area is 109 Å². The maximum atomic E-state index is 13.5. The highest BCUT2D eigenvalue weighted by molar-refractivity contribution is 5.95. The van der Waals surface area contributed by atoms with Crippen LogP contribution in [0.4, 0.5) is 14.5 Å². The molecule has 0 radical (unpaired) electrons. The third-order valence-corrected chi connectivity index (χ3v) is 2.93. The van der Waals surface area contributed by atoms with E-state index in [9.17, 15) is 13.6 Å². The zero-order valence-electron chi connectivity index (χ0n) is 10.4. The van der Waals surface area contributed by atoms with Crippen LogP contribution in [0.5, 0.6) is 0 Å². The molecule has 1 saturated carbocycles. The first-order chi connectivity index (χ1) is 9.09. The topological polar surface area (TPSA) is 64.4 Å². The van der Waals surface area contributed by atoms with Crippen molar-refractivity contribution in [3.8, 4) is 0 Å². The predicted molar refractivity (Wildman–Crippen MR) is 66.6 cm³/mol. The van der Waals surface area contributed by atoms with Gasteiger partial charge in [-0.25, -0.2) is 8.78 Å². The third kappa shape index (κ3) is 3.64. The summed E-state index contributed by atoms with van der Waals surface area (Å²) in [7, 11) is 0. The molecule has 1 aliphatic carbocycles. The van der Waals surface area contributed by atoms with Crippen molar-refractivity contribution in [3.63, 3.8) is 0 Å². The highest BCUT2D eigenvalue weighted by Gasteiger charge is 2.21. The maximum absolute atomic E-state index is 13.5. The zero-order valence-corrected chi connectivity index (χ0v) is 10.4. The predicted octanol–water partition coefficient (Wildman–Crippen LogP) is 1.70. The average Bonchev–Trinajstić information content (AvgIpc) is 3.18. The molecule has 104 valence electrons. The van der Waals surface area contributed by atoms with E-state index in [2.05, 4.69) is 5.32 Å². The average molecular weight is 270 g/mol. The van der Waals surface area contributed by atoms with Gasteiger partial charge in [-0.15, -0.1) is 0 Å². The Hall–Kier alpha value is -1.69. The molecule has 0 aromatic heterocycles. The Morgan fingerprint density at radius 2 is 2.16 bits per heavy atom. The summed E-state index contributed by atoms with van der Waals surface area (Å²) >= 11 is 0. The van der Waals surface area contributed by atoms with Gasteiger partial charge in [-0.05, 0) is 30.9 Å². The van der Waals surface area contributed by atoms with Gasteiger partial charge in [0.1, 0.15) is 11.4 Å². The van der Waals surface area contributed by atoms with Crippen molar-refractivity contribution in [1.82, 2.24) is 5.32 Å². The molecular formula is C13H16F2N2O2. The normalized spacial score (nSPS) is 14.4. The first-order valence-electron chi connectivity index (χ1n) is 6.19. The molecule has 1 aliphatic rings. The van der Waals surface area contributed by atoms with E-state index in [1.54, 1.807) is 0 Å². The maximum Gasteiger partial charge on any atom is 0.257 e. The Balaban J connectivity index is 1.83. The molecule has 0 aliphatic heterocycles. The first-order valence-corrected chi connectivity index (χ1v) is 6.19. The van der Waals surface area contributed by atoms with E-state index in [1.165, 1.54) is 12.8 Å². The highest BCUT2D eigenvalue weighted by atomic mass is 19.1. The lowest BCUT2D eigenvalue weighted by molar-refractivity contribution is 0.0899. The van der Waals surface area contributed by atoms with Gasteiger partial charge < -0.3 is 15.8 Å². The van der Waals surface area contributed by atoms with Gasteiger partial charge in [-0.3, -0.25) is 4.79 Å². The van der Waals surface area contributed by atoms with E-state index in [0.29, 0.717) is 19.1 Å². The van der Waals surface area contributed by atoms with Crippen molar-refractivity contribution in [3.05, 3.63) is 29.3 Å². The minimum atomic E-state index is -1.03. The lowest BCUT2D eigenvalue weighted by Gasteiger charge is -2.08. The first kappa shape index (κ1) is 13.7. The molecule has 1 aromatic carbocycles. The molecule has 4 nitrogen and oxygen atoms in total. The summed E-state index contributed by atoms with van der Waals surface area (Å²) in [6.07, 6.45) is 2.37. The molecule has 2 rings (SSSR count). The molecule has 0 heterocycles. The van der Waals surface area contributed by atoms with Crippen molar-refractivity contribution in [1.29, 1.82) is 0 Å². The van der Waals surface area contributed by atoms with Crippen LogP contribution in [0.3, 0.4) is 0 Å². The molecule has 3 N–H and O–H groups in total. The van der Waals surface area contributed by atoms with Crippen molar-refractivity contribution in [2.24, 2.45) is 5.92 Å². The molecule has 0 saturated heterocycles. The van der Waals surface area contributed by atoms with Gasteiger partial charge in [0.25, 0.3) is 5.91 Å². The van der Waals surface area contributed by atoms with Crippen LogP contribution in [0.1, 0.15) is 23.2 Å². The number of nitrogen functional groups attached to an aromatic ring is 1. The van der Waals surface area contributed by atoms with Gasteiger partial charge in [0, 0.05) is 13.2 Å². The third-order valence-electron chi connectivity index (χ3n) is 2.93. The summed E-state index contributed by atoms with van der Waals surface area (Å²) < 4.78 is 32.2. The van der Waals surface area contributed by atoms with Gasteiger partial charge in [0.2, 0.25) is 0 Å². The fraction of sp³-hybridized carbons (Fsp3) is 0.462. The van der Waals surface area contributed by atoms with Gasteiger partial charge in [-0.1, -0.05) is 0 Å². The number of benzene rings is 1. The Kier molecular flexibility index (Phi) is 4.31. The fourth-order valence-corrected chi connectivity index (χ4v) is 1.64. The quantitative estimate of drug-likeness (QED) is 0.611. The van der Waals surface area contributed by atoms with E-state index in [1.807, 2.05) is 0 Å². The Bertz CT molecular complexity index is 476. The van der Waals surface area contributed by atoms with Crippen LogP contribution >= 0.6 is 0 Å². The van der Waals surface area contributed by atoms with Crippen LogP contribution < -0.4 is 11.1 Å². The Morgan fingerprint density at radius 1 is 1.42 bits per heavy atom. The lowest BCUT2D eigenvalue weighted by atomic mass is 10.1. The summed E-state index contributed by atoms with van der Waals surface area (Å²) in [5.74, 6) is -2.14. The minimum absolute atomic E-state index is 0.208. The highest BCUT2D eigenvalue weighted by Crippen LogP contribution is 2.28. The van der Waals surface area contributed by atoms with Crippen LogP contribution in [-0.2, 0) is 4.74 Å². The SMILES string of the molecule is Nc1ccc(F)c(C(=O)NCCOCC2CC2)c1F. The summed E-state index contributed by atoms with van der Waals surface area (Å²) in [6, 6.07) is 2.05. The molecule has 0 unspecified atom stereocenters. The molecular weight excluding hydrogens is 254 g/mol. The number of amides is 1. The second kappa shape index (κ2) is 5.97. The molecule has 1 amide bonds. The second-order valence-corrected chi connectivity index (χ2v) is 4.60. The Morgan fingerprint density at radius 3 is 2.84 bits per heavy atom. The lowest BCUT2D eigenvalue weighted by Crippen LogP contribution is -2.29. The number of rotatable bonds is 6. The number of hydrogen-bond acceptors (Lipinski definition) is 3. The van der Waals surface area contributed by atoms with Crippen LogP contribution in [0.15, 0.2) is 12.1 Å². The van der Waals surface area contributed by atoms with Gasteiger partial charge in [0.05, 0.1) is 12.3 Å². The summed E-state index contributed by atoms with van der Waals surface area (Å²) in [4.78, 5) is 11.6. The molecule has 19 heavy (non-hydrogen) atoms. The number of hydrogen-bond donors (Lipinski definition) is 2. The second-order valence-electron chi connectivity index (χ2n) is 4.60. The molecule has 1 aromatic rings. The number of carbonyl (C=O) groups is 1. The number of nitrogens with one attached hydrogen (secondary N) is 1. The molecule has 6 heteroatoms. The van der Waals surface area contributed by atoms with Crippen LogP contribution in [0, 0.1) is 17.6 Å². The largest absolute Gasteiger partial charge is 0.396 e. The van der Waals surface area contributed by atoms with Gasteiger partial charge in [-0.2, -0.15) is 0 Å². The summed E-state index contributed by atoms with van der Waals surface area (Å²) in [5, 5.41) is 2.40. The van der Waals surface area contributed by atoms with Crippen molar-refractivity contribution < 1.29 is 18.3 Å². The number of anilines is 1. The van der Waals surface area contributed by atoms with Gasteiger partial charge in [0.15, 0.2) is 5.82 Å². The summed E-state index contributed by atoms with van der Waals surface area (Å²) in [6.45, 7) is 1.21. The molecule has 0 bridgehead atoms. The van der Waals surface area contributed by atoms with Crippen LogP contribution in [0.25, 0.3) is 0 Å². The minimum Gasteiger partial charge on any atom is -0.396 e. The fourth-order valence-electron chi connectivity index (χ4n) is 1.64. The number of ether oxygens (including phenoxy) is 1. The zero-order chi connectivity index (χ0) is 13.8. The summed E-state index contributed by atoms with van der Waals surface area (Å²) in [5.41, 5.74) is 4.39. The molecule has 0 atom stereocenters. The monoisotopic (exact) mass is 270 g/mol. The van der Waals surface area contributed by atoms with E-state index < -0.39 is 23.1 Å². The van der Waals surface area contributed by atoms with Crippen molar-refractivity contribution >= 4 is 11.6 Å². The van der Waals surface area contributed by atoms with E-state index in [4.69, 9.17) is 10.5 Å². The van der Waals surface area contributed by atoms with E-state index in [0.717, 1.165) is 12.1 Å². The number of carbonyl (C=O) groups excluding carboxylic acids is 1.